The van der Waals surface area contributed by atoms with Gasteiger partial charge < -0.3 is 9.47 Å². The van der Waals surface area contributed by atoms with Gasteiger partial charge in [0.1, 0.15) is 16.4 Å². The molecule has 0 bridgehead atoms. The Morgan fingerprint density at radius 3 is 2.28 bits per heavy atom. The largest absolute Gasteiger partial charge is 0.496 e. The molecule has 0 saturated heterocycles. The third kappa shape index (κ3) is 3.14. The molecule has 0 aliphatic carbocycles. The molecule has 5 nitrogen and oxygen atoms in total. The van der Waals surface area contributed by atoms with E-state index in [0.29, 0.717) is 18.6 Å². The SMILES string of the molecule is COc1cc(S(C)(=O)=O)c(OC)cc1CCC#N. The highest BCUT2D eigenvalue weighted by molar-refractivity contribution is 7.90. The topological polar surface area (TPSA) is 76.4 Å². The van der Waals surface area contributed by atoms with Crippen LogP contribution in [0.25, 0.3) is 0 Å². The van der Waals surface area contributed by atoms with E-state index >= 15 is 0 Å². The van der Waals surface area contributed by atoms with Crippen LogP contribution in [0.1, 0.15) is 12.0 Å². The monoisotopic (exact) mass is 269 g/mol. The van der Waals surface area contributed by atoms with Crippen molar-refractivity contribution < 1.29 is 17.9 Å². The predicted molar refractivity (Wildman–Crippen MR) is 66.6 cm³/mol. The summed E-state index contributed by atoms with van der Waals surface area (Å²) in [4.78, 5) is 0.0857. The molecule has 0 saturated carbocycles. The number of ether oxygens (including phenoxy) is 2. The van der Waals surface area contributed by atoms with E-state index < -0.39 is 9.84 Å². The number of nitrogens with zero attached hydrogens (tertiary/aromatic N) is 1. The van der Waals surface area contributed by atoms with Crippen molar-refractivity contribution in [3.05, 3.63) is 17.7 Å². The number of rotatable bonds is 5. The maximum Gasteiger partial charge on any atom is 0.179 e. The van der Waals surface area contributed by atoms with E-state index in [1.54, 1.807) is 6.07 Å². The van der Waals surface area contributed by atoms with Crippen LogP contribution in [0.3, 0.4) is 0 Å². The molecule has 0 N–H and O–H groups in total. The van der Waals surface area contributed by atoms with Gasteiger partial charge in [-0.2, -0.15) is 5.26 Å². The number of benzene rings is 1. The minimum absolute atomic E-state index is 0.0857. The van der Waals surface area contributed by atoms with Gasteiger partial charge in [0.2, 0.25) is 0 Å². The number of aryl methyl sites for hydroxylation is 1. The zero-order valence-corrected chi connectivity index (χ0v) is 11.4. The van der Waals surface area contributed by atoms with E-state index in [1.165, 1.54) is 20.3 Å². The fraction of sp³-hybridized carbons (Fsp3) is 0.417. The molecule has 1 rings (SSSR count). The van der Waals surface area contributed by atoms with Gasteiger partial charge >= 0.3 is 0 Å². The van der Waals surface area contributed by atoms with Gasteiger partial charge in [0.05, 0.1) is 20.3 Å². The third-order valence-electron chi connectivity index (χ3n) is 2.47. The minimum Gasteiger partial charge on any atom is -0.496 e. The van der Waals surface area contributed by atoms with Crippen LogP contribution in [0.15, 0.2) is 17.0 Å². The van der Waals surface area contributed by atoms with Gasteiger partial charge in [-0.25, -0.2) is 8.42 Å². The molecule has 6 heteroatoms. The Balaban J connectivity index is 3.38. The normalized spacial score (nSPS) is 10.8. The standard InChI is InChI=1S/C12H15NO4S/c1-16-10-8-12(18(3,14)15)11(17-2)7-9(10)5-4-6-13/h7-8H,4-5H2,1-3H3. The minimum atomic E-state index is -3.39. The molecule has 0 amide bonds. The summed E-state index contributed by atoms with van der Waals surface area (Å²) in [6, 6.07) is 5.07. The molecule has 0 atom stereocenters. The molecule has 0 aliphatic heterocycles. The fourth-order valence-corrected chi connectivity index (χ4v) is 2.44. The van der Waals surface area contributed by atoms with E-state index in [2.05, 4.69) is 0 Å². The van der Waals surface area contributed by atoms with E-state index in [0.717, 1.165) is 11.8 Å². The lowest BCUT2D eigenvalue weighted by Crippen LogP contribution is -2.03. The molecule has 0 spiro atoms. The Labute approximate surface area is 107 Å². The molecule has 0 radical (unpaired) electrons. The van der Waals surface area contributed by atoms with Crippen LogP contribution < -0.4 is 9.47 Å². The second-order valence-corrected chi connectivity index (χ2v) is 5.73. The quantitative estimate of drug-likeness (QED) is 0.810. The zero-order chi connectivity index (χ0) is 13.8. The first kappa shape index (κ1) is 14.3. The average molecular weight is 269 g/mol. The molecule has 0 aromatic heterocycles. The van der Waals surface area contributed by atoms with E-state index in [-0.39, 0.29) is 10.6 Å². The van der Waals surface area contributed by atoms with Crippen LogP contribution in [0.5, 0.6) is 11.5 Å². The number of methoxy groups -OCH3 is 2. The summed E-state index contributed by atoms with van der Waals surface area (Å²) in [5, 5.41) is 8.58. The van der Waals surface area contributed by atoms with Crippen molar-refractivity contribution in [2.45, 2.75) is 17.7 Å². The highest BCUT2D eigenvalue weighted by atomic mass is 32.2. The Morgan fingerprint density at radius 2 is 1.83 bits per heavy atom. The summed E-state index contributed by atoms with van der Waals surface area (Å²) in [6.45, 7) is 0. The molecule has 1 aromatic rings. The van der Waals surface area contributed by atoms with Gasteiger partial charge in [0, 0.05) is 18.7 Å². The van der Waals surface area contributed by atoms with Gasteiger partial charge in [-0.15, -0.1) is 0 Å². The lowest BCUT2D eigenvalue weighted by Gasteiger charge is -2.13. The summed E-state index contributed by atoms with van der Waals surface area (Å²) in [7, 11) is -0.516. The predicted octanol–water partition coefficient (Wildman–Crippen LogP) is 1.56. The second-order valence-electron chi connectivity index (χ2n) is 3.75. The lowest BCUT2D eigenvalue weighted by atomic mass is 10.1. The van der Waals surface area contributed by atoms with Crippen molar-refractivity contribution in [3.63, 3.8) is 0 Å². The Morgan fingerprint density at radius 1 is 1.22 bits per heavy atom. The fourth-order valence-electron chi connectivity index (χ4n) is 1.61. The first-order valence-electron chi connectivity index (χ1n) is 5.26. The van der Waals surface area contributed by atoms with Gasteiger partial charge in [-0.3, -0.25) is 0 Å². The van der Waals surface area contributed by atoms with E-state index in [9.17, 15) is 8.42 Å². The van der Waals surface area contributed by atoms with Gasteiger partial charge in [-0.1, -0.05) is 0 Å². The van der Waals surface area contributed by atoms with E-state index in [1.807, 2.05) is 6.07 Å². The summed E-state index contributed by atoms with van der Waals surface area (Å²) < 4.78 is 33.5. The maximum absolute atomic E-state index is 11.6. The number of hydrogen-bond donors (Lipinski definition) is 0. The molecule has 18 heavy (non-hydrogen) atoms. The highest BCUT2D eigenvalue weighted by Gasteiger charge is 2.18. The van der Waals surface area contributed by atoms with Crippen LogP contribution in [-0.2, 0) is 16.3 Å². The molecule has 0 unspecified atom stereocenters. The summed E-state index contributed by atoms with van der Waals surface area (Å²) in [6.07, 6.45) is 1.93. The molecule has 1 aromatic carbocycles. The molecular formula is C12H15NO4S. The molecular weight excluding hydrogens is 254 g/mol. The van der Waals surface area contributed by atoms with Crippen LogP contribution >= 0.6 is 0 Å². The van der Waals surface area contributed by atoms with E-state index in [4.69, 9.17) is 14.7 Å². The van der Waals surface area contributed by atoms with Crippen LogP contribution in [0.2, 0.25) is 0 Å². The first-order valence-corrected chi connectivity index (χ1v) is 7.15. The second kappa shape index (κ2) is 5.74. The van der Waals surface area contributed by atoms with Crippen molar-refractivity contribution in [1.82, 2.24) is 0 Å². The molecule has 98 valence electrons. The maximum atomic E-state index is 11.6. The van der Waals surface area contributed by atoms with Crippen molar-refractivity contribution in [2.75, 3.05) is 20.5 Å². The first-order chi connectivity index (χ1) is 8.43. The van der Waals surface area contributed by atoms with Crippen molar-refractivity contribution in [1.29, 1.82) is 5.26 Å². The highest BCUT2D eigenvalue weighted by Crippen LogP contribution is 2.32. The Bertz CT molecular complexity index is 572. The number of sulfone groups is 1. The average Bonchev–Trinajstić information content (AvgIpc) is 2.33. The van der Waals surface area contributed by atoms with Crippen molar-refractivity contribution >= 4 is 9.84 Å². The van der Waals surface area contributed by atoms with Crippen molar-refractivity contribution in [3.8, 4) is 17.6 Å². The van der Waals surface area contributed by atoms with Gasteiger partial charge in [0.25, 0.3) is 0 Å². The molecule has 0 fully saturated rings. The van der Waals surface area contributed by atoms with Crippen LogP contribution in [0, 0.1) is 11.3 Å². The zero-order valence-electron chi connectivity index (χ0n) is 10.6. The summed E-state index contributed by atoms with van der Waals surface area (Å²) >= 11 is 0. The van der Waals surface area contributed by atoms with Crippen LogP contribution in [-0.4, -0.2) is 28.9 Å². The lowest BCUT2D eigenvalue weighted by molar-refractivity contribution is 0.389. The van der Waals surface area contributed by atoms with Crippen LogP contribution in [0.4, 0.5) is 0 Å². The number of nitriles is 1. The Hall–Kier alpha value is -1.74. The van der Waals surface area contributed by atoms with Gasteiger partial charge in [0.15, 0.2) is 9.84 Å². The summed E-state index contributed by atoms with van der Waals surface area (Å²) in [5.41, 5.74) is 0.753. The Kier molecular flexibility index (Phi) is 4.56. The van der Waals surface area contributed by atoms with Crippen molar-refractivity contribution in [2.24, 2.45) is 0 Å². The summed E-state index contributed by atoms with van der Waals surface area (Å²) in [5.74, 6) is 0.720. The third-order valence-corrected chi connectivity index (χ3v) is 3.59. The smallest absolute Gasteiger partial charge is 0.179 e. The molecule has 0 heterocycles. The molecule has 0 aliphatic rings. The number of hydrogen-bond acceptors (Lipinski definition) is 5. The van der Waals surface area contributed by atoms with Gasteiger partial charge in [-0.05, 0) is 18.1 Å².